The van der Waals surface area contributed by atoms with Crippen molar-refractivity contribution in [2.45, 2.75) is 31.6 Å². The number of nitriles is 1. The van der Waals surface area contributed by atoms with Gasteiger partial charge in [0, 0.05) is 49.6 Å². The number of carboxylic acid groups (broad SMARTS) is 1. The predicted octanol–water partition coefficient (Wildman–Crippen LogP) is 2.11. The zero-order valence-electron chi connectivity index (χ0n) is 13.6. The molecule has 3 aliphatic rings. The zero-order chi connectivity index (χ0) is 17.8. The maximum Gasteiger partial charge on any atom is 0.303 e. The molecule has 1 aromatic rings. The second-order valence-electron chi connectivity index (χ2n) is 7.01. The first kappa shape index (κ1) is 16.1. The van der Waals surface area contributed by atoms with Crippen LogP contribution in [0.1, 0.15) is 36.0 Å². The Labute approximate surface area is 143 Å². The molecule has 0 bridgehead atoms. The van der Waals surface area contributed by atoms with Crippen molar-refractivity contribution in [3.05, 3.63) is 16.7 Å². The molecular formula is C17H18F2N4O2. The summed E-state index contributed by atoms with van der Waals surface area (Å²) in [6.07, 6.45) is 0.922. The fourth-order valence-corrected chi connectivity index (χ4v) is 3.89. The first-order valence-electron chi connectivity index (χ1n) is 8.47. The Morgan fingerprint density at radius 3 is 2.60 bits per heavy atom. The van der Waals surface area contributed by atoms with E-state index in [1.54, 1.807) is 0 Å². The van der Waals surface area contributed by atoms with Crippen LogP contribution in [-0.2, 0) is 17.1 Å². The predicted molar refractivity (Wildman–Crippen MR) is 86.0 cm³/mol. The van der Waals surface area contributed by atoms with Gasteiger partial charge in [0.25, 0.3) is 5.92 Å². The number of anilines is 2. The summed E-state index contributed by atoms with van der Waals surface area (Å²) in [5.41, 5.74) is 0.298. The van der Waals surface area contributed by atoms with E-state index in [1.165, 1.54) is 0 Å². The van der Waals surface area contributed by atoms with Gasteiger partial charge in [-0.25, -0.2) is 13.8 Å². The molecule has 0 aromatic carbocycles. The third-order valence-corrected chi connectivity index (χ3v) is 5.30. The fraction of sp³-hybridized carbons (Fsp3) is 0.588. The van der Waals surface area contributed by atoms with Crippen LogP contribution >= 0.6 is 0 Å². The molecule has 8 heteroatoms. The van der Waals surface area contributed by atoms with Crippen LogP contribution in [0.3, 0.4) is 0 Å². The van der Waals surface area contributed by atoms with Gasteiger partial charge in [-0.2, -0.15) is 5.26 Å². The van der Waals surface area contributed by atoms with Crippen LogP contribution in [0, 0.1) is 17.2 Å². The van der Waals surface area contributed by atoms with Crippen molar-refractivity contribution in [1.82, 2.24) is 4.98 Å². The number of aliphatic carboxylic acids is 1. The van der Waals surface area contributed by atoms with Crippen LogP contribution in [0.4, 0.5) is 20.4 Å². The number of carbonyl (C=O) groups is 1. The first-order chi connectivity index (χ1) is 11.9. The van der Waals surface area contributed by atoms with Crippen LogP contribution in [0.2, 0.25) is 0 Å². The quantitative estimate of drug-likeness (QED) is 0.898. The van der Waals surface area contributed by atoms with Gasteiger partial charge in [0.05, 0.1) is 6.42 Å². The molecule has 0 unspecified atom stereocenters. The van der Waals surface area contributed by atoms with Crippen molar-refractivity contribution in [2.75, 3.05) is 36.0 Å². The van der Waals surface area contributed by atoms with E-state index < -0.39 is 11.9 Å². The zero-order valence-corrected chi connectivity index (χ0v) is 13.6. The largest absolute Gasteiger partial charge is 0.481 e. The summed E-state index contributed by atoms with van der Waals surface area (Å²) < 4.78 is 28.9. The summed E-state index contributed by atoms with van der Waals surface area (Å²) in [6.45, 7) is 2.44. The van der Waals surface area contributed by atoms with Crippen LogP contribution in [0.25, 0.3) is 0 Å². The van der Waals surface area contributed by atoms with Gasteiger partial charge in [0.2, 0.25) is 0 Å². The second kappa shape index (κ2) is 5.55. The minimum Gasteiger partial charge on any atom is -0.481 e. The van der Waals surface area contributed by atoms with E-state index in [0.29, 0.717) is 43.4 Å². The van der Waals surface area contributed by atoms with Gasteiger partial charge in [-0.1, -0.05) is 0 Å². The molecule has 6 nitrogen and oxygen atoms in total. The molecule has 2 saturated heterocycles. The number of nitrogens with zero attached hydrogens (tertiary/aromatic N) is 4. The normalized spacial score (nSPS) is 21.3. The molecule has 0 saturated carbocycles. The minimum atomic E-state index is -3.01. The molecule has 0 radical (unpaired) electrons. The van der Waals surface area contributed by atoms with Crippen molar-refractivity contribution in [3.8, 4) is 6.07 Å². The van der Waals surface area contributed by atoms with Crippen LogP contribution in [0.5, 0.6) is 0 Å². The number of hydrogen-bond acceptors (Lipinski definition) is 5. The first-order valence-corrected chi connectivity index (χ1v) is 8.47. The van der Waals surface area contributed by atoms with E-state index in [4.69, 9.17) is 5.11 Å². The lowest BCUT2D eigenvalue weighted by molar-refractivity contribution is -0.138. The molecular weight excluding hydrogens is 330 g/mol. The second-order valence-corrected chi connectivity index (χ2v) is 7.01. The molecule has 132 valence electrons. The average molecular weight is 348 g/mol. The molecule has 0 spiro atoms. The van der Waals surface area contributed by atoms with Crippen molar-refractivity contribution >= 4 is 17.6 Å². The molecule has 2 aliphatic heterocycles. The SMILES string of the molecule is N#Cc1c(N2CCC2)nc(N2CC(CC(=O)O)C2)c2c1C(F)(F)CC2. The summed E-state index contributed by atoms with van der Waals surface area (Å²) in [7, 11) is 0. The summed E-state index contributed by atoms with van der Waals surface area (Å²) in [5, 5.41) is 18.4. The number of pyridine rings is 1. The lowest BCUT2D eigenvalue weighted by atomic mass is 9.94. The summed E-state index contributed by atoms with van der Waals surface area (Å²) in [4.78, 5) is 19.1. The molecule has 1 aromatic heterocycles. The van der Waals surface area contributed by atoms with Gasteiger partial charge in [-0.05, 0) is 12.8 Å². The van der Waals surface area contributed by atoms with Crippen molar-refractivity contribution in [3.63, 3.8) is 0 Å². The van der Waals surface area contributed by atoms with E-state index >= 15 is 0 Å². The van der Waals surface area contributed by atoms with E-state index in [9.17, 15) is 18.8 Å². The highest BCUT2D eigenvalue weighted by molar-refractivity contribution is 5.71. The maximum atomic E-state index is 14.5. The highest BCUT2D eigenvalue weighted by Gasteiger charge is 2.46. The highest BCUT2D eigenvalue weighted by atomic mass is 19.3. The van der Waals surface area contributed by atoms with Gasteiger partial charge >= 0.3 is 5.97 Å². The number of rotatable bonds is 4. The maximum absolute atomic E-state index is 14.5. The Hall–Kier alpha value is -2.43. The van der Waals surface area contributed by atoms with Gasteiger partial charge < -0.3 is 14.9 Å². The summed E-state index contributed by atoms with van der Waals surface area (Å²) in [5.74, 6) is -2.99. The van der Waals surface area contributed by atoms with E-state index in [0.717, 1.165) is 6.42 Å². The molecule has 1 N–H and O–H groups in total. The Morgan fingerprint density at radius 2 is 2.04 bits per heavy atom. The Bertz CT molecular complexity index is 780. The molecule has 2 fully saturated rings. The number of alkyl halides is 2. The molecule has 3 heterocycles. The van der Waals surface area contributed by atoms with Gasteiger partial charge in [-0.15, -0.1) is 0 Å². The number of halogens is 2. The monoisotopic (exact) mass is 348 g/mol. The van der Waals surface area contributed by atoms with Crippen LogP contribution in [0.15, 0.2) is 0 Å². The van der Waals surface area contributed by atoms with Gasteiger partial charge in [0.1, 0.15) is 23.3 Å². The summed E-state index contributed by atoms with van der Waals surface area (Å²) in [6, 6.07) is 1.96. The molecule has 0 atom stereocenters. The standard InChI is InChI=1S/C17H18F2N4O2/c18-17(19)3-2-11-14(17)12(7-20)16(22-4-1-5-22)21-15(11)23-8-10(9-23)6-13(24)25/h10H,1-6,8-9H2,(H,24,25). The number of aromatic nitrogens is 1. The lowest BCUT2D eigenvalue weighted by Gasteiger charge is -2.42. The molecule has 25 heavy (non-hydrogen) atoms. The van der Waals surface area contributed by atoms with Crippen molar-refractivity contribution < 1.29 is 18.7 Å². The van der Waals surface area contributed by atoms with Crippen LogP contribution < -0.4 is 9.80 Å². The Morgan fingerprint density at radius 1 is 1.32 bits per heavy atom. The van der Waals surface area contributed by atoms with Gasteiger partial charge in [-0.3, -0.25) is 4.79 Å². The Balaban J connectivity index is 1.74. The molecule has 1 aliphatic carbocycles. The third-order valence-electron chi connectivity index (χ3n) is 5.30. The third kappa shape index (κ3) is 2.49. The van der Waals surface area contributed by atoms with Crippen molar-refractivity contribution in [2.24, 2.45) is 5.92 Å². The smallest absolute Gasteiger partial charge is 0.303 e. The topological polar surface area (TPSA) is 80.5 Å². The van der Waals surface area contributed by atoms with Crippen molar-refractivity contribution in [1.29, 1.82) is 5.26 Å². The Kier molecular flexibility index (Phi) is 3.56. The summed E-state index contributed by atoms with van der Waals surface area (Å²) >= 11 is 0. The molecule has 4 rings (SSSR count). The number of carboxylic acids is 1. The van der Waals surface area contributed by atoms with Crippen LogP contribution in [-0.4, -0.2) is 42.2 Å². The highest BCUT2D eigenvalue weighted by Crippen LogP contribution is 2.49. The number of hydrogen-bond donors (Lipinski definition) is 1. The van der Waals surface area contributed by atoms with Gasteiger partial charge in [0.15, 0.2) is 0 Å². The van der Waals surface area contributed by atoms with E-state index in [2.05, 4.69) is 4.98 Å². The lowest BCUT2D eigenvalue weighted by Crippen LogP contribution is -2.49. The average Bonchev–Trinajstić information content (AvgIpc) is 2.76. The minimum absolute atomic E-state index is 0.00330. The van der Waals surface area contributed by atoms with E-state index in [1.807, 2.05) is 15.9 Å². The fourth-order valence-electron chi connectivity index (χ4n) is 3.89. The number of fused-ring (bicyclic) bond motifs is 1. The van der Waals surface area contributed by atoms with E-state index in [-0.39, 0.29) is 36.3 Å². The molecule has 0 amide bonds.